The molecule has 0 spiro atoms. The van der Waals surface area contributed by atoms with E-state index in [0.717, 1.165) is 0 Å². The first-order valence-electron chi connectivity index (χ1n) is 4.76. The normalized spacial score (nSPS) is 31.2. The highest BCUT2D eigenvalue weighted by Crippen LogP contribution is 2.38. The molecule has 0 unspecified atom stereocenters. The van der Waals surface area contributed by atoms with Gasteiger partial charge in [-0.1, -0.05) is 36.1 Å². The van der Waals surface area contributed by atoms with Gasteiger partial charge in [-0.25, -0.2) is 0 Å². The van der Waals surface area contributed by atoms with Crippen molar-refractivity contribution < 1.29 is 10.2 Å². The second-order valence-corrected chi connectivity index (χ2v) is 3.70. The molecule has 16 heavy (non-hydrogen) atoms. The predicted molar refractivity (Wildman–Crippen MR) is 61.0 cm³/mol. The summed E-state index contributed by atoms with van der Waals surface area (Å²) < 4.78 is 0. The molecule has 0 saturated carbocycles. The number of benzene rings is 1. The van der Waals surface area contributed by atoms with Crippen LogP contribution in [0.1, 0.15) is 11.1 Å². The van der Waals surface area contributed by atoms with Gasteiger partial charge in [-0.15, -0.1) is 12.8 Å². The van der Waals surface area contributed by atoms with Crippen molar-refractivity contribution in [2.45, 2.75) is 11.2 Å². The molecule has 2 heteroatoms. The lowest BCUT2D eigenvalue weighted by molar-refractivity contribution is 0.110. The van der Waals surface area contributed by atoms with Crippen LogP contribution in [-0.2, 0) is 11.2 Å². The van der Waals surface area contributed by atoms with Gasteiger partial charge in [0.1, 0.15) is 0 Å². The molecule has 0 aliphatic heterocycles. The van der Waals surface area contributed by atoms with Crippen molar-refractivity contribution in [3.05, 3.63) is 47.5 Å². The van der Waals surface area contributed by atoms with Crippen molar-refractivity contribution in [3.63, 3.8) is 0 Å². The molecule has 78 valence electrons. The van der Waals surface area contributed by atoms with Gasteiger partial charge in [0.15, 0.2) is 11.2 Å². The molecule has 1 aliphatic carbocycles. The van der Waals surface area contributed by atoms with Crippen LogP contribution in [0.25, 0.3) is 0 Å². The summed E-state index contributed by atoms with van der Waals surface area (Å²) in [7, 11) is 0. The third-order valence-electron chi connectivity index (χ3n) is 2.75. The van der Waals surface area contributed by atoms with Crippen molar-refractivity contribution in [1.29, 1.82) is 0 Å². The zero-order chi connectivity index (χ0) is 11.8. The molecule has 0 bridgehead atoms. The second kappa shape index (κ2) is 3.25. The molecule has 2 N–H and O–H groups in total. The van der Waals surface area contributed by atoms with Crippen LogP contribution < -0.4 is 0 Å². The maximum Gasteiger partial charge on any atom is 0.170 e. The Hall–Kier alpha value is -2.00. The maximum absolute atomic E-state index is 10.2. The van der Waals surface area contributed by atoms with E-state index < -0.39 is 11.2 Å². The lowest BCUT2D eigenvalue weighted by Crippen LogP contribution is -2.34. The fourth-order valence-electron chi connectivity index (χ4n) is 1.82. The number of fused-ring (bicyclic) bond motifs is 1. The standard InChI is InChI=1S/C14H10O2/c1-3-13(15)9-10-14(16,4-2)12-8-6-5-7-11(12)13/h1-2,5-10,15-16H/t13-,14-/m0/s1. The fraction of sp³-hybridized carbons (Fsp3) is 0.143. The molecule has 0 aromatic heterocycles. The van der Waals surface area contributed by atoms with Crippen LogP contribution in [0, 0.1) is 24.7 Å². The first kappa shape index (κ1) is 10.5. The Morgan fingerprint density at radius 3 is 1.56 bits per heavy atom. The molecule has 0 heterocycles. The smallest absolute Gasteiger partial charge is 0.170 e. The van der Waals surface area contributed by atoms with Gasteiger partial charge in [0.05, 0.1) is 0 Å². The summed E-state index contributed by atoms with van der Waals surface area (Å²) in [5, 5.41) is 20.3. The lowest BCUT2D eigenvalue weighted by Gasteiger charge is -2.32. The van der Waals surface area contributed by atoms with E-state index in [4.69, 9.17) is 12.8 Å². The van der Waals surface area contributed by atoms with Crippen LogP contribution in [0.5, 0.6) is 0 Å². The SMILES string of the molecule is C#C[C@]1(O)C=C[C@@](O)(C#C)c2ccccc21. The predicted octanol–water partition coefficient (Wildman–Crippen LogP) is 0.898. The molecule has 1 aliphatic rings. The van der Waals surface area contributed by atoms with E-state index in [2.05, 4.69) is 11.8 Å². The molecule has 1 aromatic rings. The highest BCUT2D eigenvalue weighted by atomic mass is 16.3. The van der Waals surface area contributed by atoms with Crippen molar-refractivity contribution >= 4 is 0 Å². The highest BCUT2D eigenvalue weighted by molar-refractivity contribution is 5.53. The van der Waals surface area contributed by atoms with E-state index in [1.165, 1.54) is 12.2 Å². The van der Waals surface area contributed by atoms with Crippen LogP contribution in [0.4, 0.5) is 0 Å². The molecule has 2 nitrogen and oxygen atoms in total. The summed E-state index contributed by atoms with van der Waals surface area (Å²) in [4.78, 5) is 0. The summed E-state index contributed by atoms with van der Waals surface area (Å²) in [6.07, 6.45) is 13.3. The monoisotopic (exact) mass is 210 g/mol. The Balaban J connectivity index is 2.76. The summed E-state index contributed by atoms with van der Waals surface area (Å²) >= 11 is 0. The molecular weight excluding hydrogens is 200 g/mol. The third-order valence-corrected chi connectivity index (χ3v) is 2.75. The number of hydrogen-bond donors (Lipinski definition) is 2. The van der Waals surface area contributed by atoms with E-state index in [1.807, 2.05) is 0 Å². The quantitative estimate of drug-likeness (QED) is 0.493. The number of terminal acetylenes is 2. The molecule has 0 amide bonds. The van der Waals surface area contributed by atoms with Crippen LogP contribution >= 0.6 is 0 Å². The lowest BCUT2D eigenvalue weighted by atomic mass is 9.77. The van der Waals surface area contributed by atoms with Gasteiger partial charge in [-0.2, -0.15) is 0 Å². The minimum absolute atomic E-state index is 0.445. The van der Waals surface area contributed by atoms with Gasteiger partial charge in [0, 0.05) is 11.1 Å². The topological polar surface area (TPSA) is 40.5 Å². The minimum atomic E-state index is -1.50. The maximum atomic E-state index is 10.2. The Kier molecular flexibility index (Phi) is 2.14. The number of hydrogen-bond acceptors (Lipinski definition) is 2. The fourth-order valence-corrected chi connectivity index (χ4v) is 1.82. The van der Waals surface area contributed by atoms with Crippen molar-refractivity contribution in [3.8, 4) is 24.7 Å². The van der Waals surface area contributed by atoms with Crippen molar-refractivity contribution in [2.75, 3.05) is 0 Å². The zero-order valence-electron chi connectivity index (χ0n) is 8.51. The Labute approximate surface area is 94.2 Å². The summed E-state index contributed by atoms with van der Waals surface area (Å²) in [6.45, 7) is 0. The van der Waals surface area contributed by atoms with E-state index >= 15 is 0 Å². The summed E-state index contributed by atoms with van der Waals surface area (Å²) in [5.41, 5.74) is -2.11. The second-order valence-electron chi connectivity index (χ2n) is 3.70. The molecule has 0 fully saturated rings. The van der Waals surface area contributed by atoms with Gasteiger partial charge >= 0.3 is 0 Å². The summed E-state index contributed by atoms with van der Waals surface area (Å²) in [6, 6.07) is 6.77. The van der Waals surface area contributed by atoms with Gasteiger partial charge in [-0.3, -0.25) is 0 Å². The van der Waals surface area contributed by atoms with Crippen LogP contribution in [0.15, 0.2) is 36.4 Å². The Bertz CT molecular complexity index is 496. The molecular formula is C14H10O2. The number of aliphatic hydroxyl groups is 2. The van der Waals surface area contributed by atoms with Crippen LogP contribution in [0.2, 0.25) is 0 Å². The zero-order valence-corrected chi connectivity index (χ0v) is 8.51. The average molecular weight is 210 g/mol. The first-order chi connectivity index (χ1) is 7.56. The van der Waals surface area contributed by atoms with E-state index in [0.29, 0.717) is 11.1 Å². The molecule has 0 saturated heterocycles. The van der Waals surface area contributed by atoms with Gasteiger partial charge in [-0.05, 0) is 12.2 Å². The molecule has 0 radical (unpaired) electrons. The molecule has 2 rings (SSSR count). The van der Waals surface area contributed by atoms with Gasteiger partial charge < -0.3 is 10.2 Å². The van der Waals surface area contributed by atoms with E-state index in [9.17, 15) is 10.2 Å². The third kappa shape index (κ3) is 1.26. The van der Waals surface area contributed by atoms with Crippen LogP contribution in [0.3, 0.4) is 0 Å². The molecule has 1 aromatic carbocycles. The highest BCUT2D eigenvalue weighted by Gasteiger charge is 2.38. The largest absolute Gasteiger partial charge is 0.370 e. The Morgan fingerprint density at radius 2 is 1.25 bits per heavy atom. The average Bonchev–Trinajstić information content (AvgIpc) is 2.35. The van der Waals surface area contributed by atoms with E-state index in [1.54, 1.807) is 24.3 Å². The summed E-state index contributed by atoms with van der Waals surface area (Å²) in [5.74, 6) is 4.57. The Morgan fingerprint density at radius 1 is 0.875 bits per heavy atom. The molecule has 2 atom stereocenters. The minimum Gasteiger partial charge on any atom is -0.370 e. The number of rotatable bonds is 0. The van der Waals surface area contributed by atoms with Crippen molar-refractivity contribution in [2.24, 2.45) is 0 Å². The van der Waals surface area contributed by atoms with Gasteiger partial charge in [0.2, 0.25) is 0 Å². The van der Waals surface area contributed by atoms with Crippen molar-refractivity contribution in [1.82, 2.24) is 0 Å². The van der Waals surface area contributed by atoms with Crippen LogP contribution in [-0.4, -0.2) is 10.2 Å². The van der Waals surface area contributed by atoms with Gasteiger partial charge in [0.25, 0.3) is 0 Å². The first-order valence-corrected chi connectivity index (χ1v) is 4.76. The van der Waals surface area contributed by atoms with E-state index in [-0.39, 0.29) is 0 Å².